The van der Waals surface area contributed by atoms with Crippen molar-refractivity contribution in [2.75, 3.05) is 12.3 Å². The minimum atomic E-state index is -1.19. The summed E-state index contributed by atoms with van der Waals surface area (Å²) in [5, 5.41) is 14.1. The number of carboxylic acid groups (broad SMARTS) is 1. The molecule has 10 heteroatoms. The van der Waals surface area contributed by atoms with Crippen LogP contribution in [-0.4, -0.2) is 70.2 Å². The summed E-state index contributed by atoms with van der Waals surface area (Å²) in [5.74, 6) is -2.78. The Labute approximate surface area is 158 Å². The Hall–Kier alpha value is -1.81. The minimum absolute atomic E-state index is 0.0548. The van der Waals surface area contributed by atoms with Crippen molar-refractivity contribution in [1.29, 1.82) is 0 Å². The molecule has 1 heterocycles. The average Bonchev–Trinajstić information content (AvgIpc) is 3.05. The Bertz CT molecular complexity index is 555. The van der Waals surface area contributed by atoms with E-state index in [9.17, 15) is 19.2 Å². The minimum Gasteiger partial charge on any atom is -0.480 e. The van der Waals surface area contributed by atoms with Gasteiger partial charge in [0.15, 0.2) is 0 Å². The first kappa shape index (κ1) is 22.2. The number of carbonyl (C=O) groups is 4. The number of rotatable bonds is 8. The van der Waals surface area contributed by atoms with Crippen LogP contribution in [0.5, 0.6) is 0 Å². The first-order chi connectivity index (χ1) is 12.1. The molecular weight excluding hydrogens is 360 g/mol. The van der Waals surface area contributed by atoms with Gasteiger partial charge in [0.05, 0.1) is 6.04 Å². The Balaban J connectivity index is 2.89. The molecule has 148 valence electrons. The third kappa shape index (κ3) is 5.60. The number of aliphatic carboxylic acids is 1. The number of hydrogen-bond donors (Lipinski definition) is 5. The van der Waals surface area contributed by atoms with Crippen LogP contribution in [0.25, 0.3) is 0 Å². The quantitative estimate of drug-likeness (QED) is 0.336. The largest absolute Gasteiger partial charge is 0.480 e. The second-order valence-corrected chi connectivity index (χ2v) is 7.16. The molecule has 0 bridgehead atoms. The van der Waals surface area contributed by atoms with Crippen LogP contribution in [0.1, 0.15) is 33.6 Å². The molecule has 0 aromatic heterocycles. The molecule has 0 aromatic rings. The van der Waals surface area contributed by atoms with Crippen molar-refractivity contribution in [2.45, 2.75) is 57.8 Å². The van der Waals surface area contributed by atoms with Gasteiger partial charge in [0.1, 0.15) is 18.1 Å². The summed E-state index contributed by atoms with van der Waals surface area (Å²) in [6.07, 6.45) is 1.05. The van der Waals surface area contributed by atoms with Gasteiger partial charge in [-0.15, -0.1) is 0 Å². The topological polar surface area (TPSA) is 142 Å². The highest BCUT2D eigenvalue weighted by Gasteiger charge is 2.39. The van der Waals surface area contributed by atoms with E-state index in [4.69, 9.17) is 10.8 Å². The van der Waals surface area contributed by atoms with E-state index >= 15 is 0 Å². The molecule has 0 aromatic carbocycles. The van der Waals surface area contributed by atoms with Crippen LogP contribution in [0.3, 0.4) is 0 Å². The zero-order valence-corrected chi connectivity index (χ0v) is 16.2. The molecular formula is C16H28N4O5S. The molecule has 1 aliphatic rings. The van der Waals surface area contributed by atoms with Crippen LogP contribution in [0, 0.1) is 5.92 Å². The maximum atomic E-state index is 12.9. The molecule has 0 saturated carbocycles. The number of carboxylic acids is 1. The van der Waals surface area contributed by atoms with Crippen LogP contribution in [0.4, 0.5) is 0 Å². The summed E-state index contributed by atoms with van der Waals surface area (Å²) in [7, 11) is 0. The van der Waals surface area contributed by atoms with E-state index in [-0.39, 0.29) is 17.6 Å². The molecule has 4 unspecified atom stereocenters. The van der Waals surface area contributed by atoms with Gasteiger partial charge in [-0.2, -0.15) is 12.6 Å². The fourth-order valence-corrected chi connectivity index (χ4v) is 2.98. The normalized spacial score (nSPS) is 20.4. The van der Waals surface area contributed by atoms with Crippen LogP contribution < -0.4 is 16.4 Å². The van der Waals surface area contributed by atoms with Crippen molar-refractivity contribution >= 4 is 36.3 Å². The van der Waals surface area contributed by atoms with Crippen LogP contribution in [0.2, 0.25) is 0 Å². The summed E-state index contributed by atoms with van der Waals surface area (Å²) < 4.78 is 0. The predicted octanol–water partition coefficient (Wildman–Crippen LogP) is -1.04. The summed E-state index contributed by atoms with van der Waals surface area (Å²) in [4.78, 5) is 49.7. The average molecular weight is 388 g/mol. The zero-order chi connectivity index (χ0) is 20.0. The van der Waals surface area contributed by atoms with E-state index in [0.717, 1.165) is 0 Å². The molecule has 1 saturated heterocycles. The standard InChI is InChI=1S/C16H28N4O5S/c1-8(2)12(19-13(21)9(3)17)15(23)20-6-4-5-11(20)14(22)18-10(7-26)16(24)25/h8-12,26H,4-7,17H2,1-3H3,(H,18,22)(H,19,21)(H,24,25). The summed E-state index contributed by atoms with van der Waals surface area (Å²) in [6, 6.07) is -3.45. The third-order valence-electron chi connectivity index (χ3n) is 4.28. The van der Waals surface area contributed by atoms with Gasteiger partial charge in [-0.1, -0.05) is 13.8 Å². The lowest BCUT2D eigenvalue weighted by atomic mass is 10.0. The number of nitrogens with two attached hydrogens (primary N) is 1. The third-order valence-corrected chi connectivity index (χ3v) is 4.64. The summed E-state index contributed by atoms with van der Waals surface area (Å²) in [6.45, 7) is 5.46. The lowest BCUT2D eigenvalue weighted by molar-refractivity contribution is -0.145. The molecule has 5 N–H and O–H groups in total. The smallest absolute Gasteiger partial charge is 0.327 e. The van der Waals surface area contributed by atoms with Gasteiger partial charge < -0.3 is 26.4 Å². The fourth-order valence-electron chi connectivity index (χ4n) is 2.73. The Morgan fingerprint density at radius 1 is 1.23 bits per heavy atom. The van der Waals surface area contributed by atoms with E-state index in [1.807, 2.05) is 0 Å². The van der Waals surface area contributed by atoms with Crippen LogP contribution in [0.15, 0.2) is 0 Å². The molecule has 1 rings (SSSR count). The molecule has 9 nitrogen and oxygen atoms in total. The predicted molar refractivity (Wildman–Crippen MR) is 98.6 cm³/mol. The van der Waals surface area contributed by atoms with Gasteiger partial charge in [0.2, 0.25) is 17.7 Å². The van der Waals surface area contributed by atoms with Crippen molar-refractivity contribution in [2.24, 2.45) is 11.7 Å². The number of carbonyl (C=O) groups excluding carboxylic acids is 3. The van der Waals surface area contributed by atoms with E-state index in [2.05, 4.69) is 23.3 Å². The summed E-state index contributed by atoms with van der Waals surface area (Å²) in [5.41, 5.74) is 5.55. The van der Waals surface area contributed by atoms with Gasteiger partial charge in [-0.3, -0.25) is 14.4 Å². The van der Waals surface area contributed by atoms with Crippen LogP contribution in [-0.2, 0) is 19.2 Å². The molecule has 1 aliphatic heterocycles. The maximum absolute atomic E-state index is 12.9. The number of nitrogens with one attached hydrogen (secondary N) is 2. The molecule has 1 fully saturated rings. The Kier molecular flexibility index (Phi) is 8.35. The molecule has 0 radical (unpaired) electrons. The maximum Gasteiger partial charge on any atom is 0.327 e. The van der Waals surface area contributed by atoms with E-state index < -0.39 is 42.0 Å². The highest BCUT2D eigenvalue weighted by molar-refractivity contribution is 7.80. The van der Waals surface area contributed by atoms with E-state index in [0.29, 0.717) is 19.4 Å². The van der Waals surface area contributed by atoms with Crippen molar-refractivity contribution in [3.63, 3.8) is 0 Å². The van der Waals surface area contributed by atoms with Crippen LogP contribution >= 0.6 is 12.6 Å². The van der Waals surface area contributed by atoms with Gasteiger partial charge in [-0.05, 0) is 25.7 Å². The molecule has 0 aliphatic carbocycles. The number of amides is 3. The highest BCUT2D eigenvalue weighted by atomic mass is 32.1. The SMILES string of the molecule is CC(N)C(=O)NC(C(=O)N1CCCC1C(=O)NC(CS)C(=O)O)C(C)C. The van der Waals surface area contributed by atoms with Gasteiger partial charge in [-0.25, -0.2) is 4.79 Å². The number of thiol groups is 1. The molecule has 0 spiro atoms. The van der Waals surface area contributed by atoms with Crippen molar-refractivity contribution in [3.8, 4) is 0 Å². The second kappa shape index (κ2) is 9.77. The van der Waals surface area contributed by atoms with Crippen molar-refractivity contribution < 1.29 is 24.3 Å². The Morgan fingerprint density at radius 2 is 1.85 bits per heavy atom. The van der Waals surface area contributed by atoms with Gasteiger partial charge in [0, 0.05) is 12.3 Å². The molecule has 3 amide bonds. The molecule has 4 atom stereocenters. The van der Waals surface area contributed by atoms with Gasteiger partial charge >= 0.3 is 5.97 Å². The lowest BCUT2D eigenvalue weighted by Crippen LogP contribution is -2.58. The second-order valence-electron chi connectivity index (χ2n) is 6.79. The zero-order valence-electron chi connectivity index (χ0n) is 15.3. The lowest BCUT2D eigenvalue weighted by Gasteiger charge is -2.31. The van der Waals surface area contributed by atoms with E-state index in [1.54, 1.807) is 13.8 Å². The monoisotopic (exact) mass is 388 g/mol. The fraction of sp³-hybridized carbons (Fsp3) is 0.750. The molecule has 26 heavy (non-hydrogen) atoms. The number of hydrogen-bond acceptors (Lipinski definition) is 6. The first-order valence-electron chi connectivity index (χ1n) is 8.60. The van der Waals surface area contributed by atoms with E-state index in [1.165, 1.54) is 11.8 Å². The summed E-state index contributed by atoms with van der Waals surface area (Å²) >= 11 is 3.92. The van der Waals surface area contributed by atoms with Crippen molar-refractivity contribution in [3.05, 3.63) is 0 Å². The number of likely N-dealkylation sites (tertiary alicyclic amines) is 1. The Morgan fingerprint density at radius 3 is 2.31 bits per heavy atom. The number of nitrogens with zero attached hydrogens (tertiary/aromatic N) is 1. The highest BCUT2D eigenvalue weighted by Crippen LogP contribution is 2.20. The van der Waals surface area contributed by atoms with Gasteiger partial charge in [0.25, 0.3) is 0 Å². The first-order valence-corrected chi connectivity index (χ1v) is 9.23. The van der Waals surface area contributed by atoms with Crippen molar-refractivity contribution in [1.82, 2.24) is 15.5 Å².